The van der Waals surface area contributed by atoms with Crippen molar-refractivity contribution in [3.63, 3.8) is 0 Å². The number of benzene rings is 5. The van der Waals surface area contributed by atoms with Crippen molar-refractivity contribution in [2.75, 3.05) is 0 Å². The van der Waals surface area contributed by atoms with Gasteiger partial charge in [0.2, 0.25) is 0 Å². The fourth-order valence-corrected chi connectivity index (χ4v) is 6.19. The Hall–Kier alpha value is -5.82. The van der Waals surface area contributed by atoms with Crippen LogP contribution < -0.4 is 0 Å². The van der Waals surface area contributed by atoms with E-state index in [1.807, 2.05) is 0 Å². The van der Waals surface area contributed by atoms with Crippen LogP contribution in [0, 0.1) is 17.7 Å². The van der Waals surface area contributed by atoms with Gasteiger partial charge in [-0.1, -0.05) is 53.0 Å². The number of carboxylic acids is 5. The van der Waals surface area contributed by atoms with E-state index < -0.39 is 108 Å². The normalized spacial score (nSPS) is 10.9. The summed E-state index contributed by atoms with van der Waals surface area (Å²) in [5.74, 6) is -11.1. The van der Waals surface area contributed by atoms with Gasteiger partial charge in [-0.2, -0.15) is 0 Å². The van der Waals surface area contributed by atoms with Crippen molar-refractivity contribution < 1.29 is 58.3 Å². The van der Waals surface area contributed by atoms with Crippen LogP contribution in [0.15, 0.2) is 66.7 Å². The van der Waals surface area contributed by atoms with Crippen molar-refractivity contribution in [2.24, 2.45) is 0 Å². The lowest BCUT2D eigenvalue weighted by atomic mass is 9.82. The fraction of sp³-hybridized carbons (Fsp3) is 0. The van der Waals surface area contributed by atoms with Gasteiger partial charge < -0.3 is 25.5 Å². The molecular weight excluding hydrogens is 725 g/mol. The predicted molar refractivity (Wildman–Crippen MR) is 177 cm³/mol. The standard InChI is InChI=1S/C35H16Cl3F2O10/c36-13-5-7-17(31(41)42)19(8-13)20-10-15(39)11-21(27(20)34(47)48)22-12-24(33(45)46)26(16-6-4-14(37)9-23(16)32(43)44)29(30(22)38)18-2-1-3-25(40)28(18)35(49)50/h1-11H,(H,41,42)(H,43,44)(H,45,46)(H,47,48)(H,49,50). The zero-order chi connectivity index (χ0) is 36.8. The molecule has 5 aromatic rings. The maximum absolute atomic E-state index is 15.5. The third-order valence-electron chi connectivity index (χ3n) is 7.47. The van der Waals surface area contributed by atoms with Crippen molar-refractivity contribution in [3.05, 3.63) is 127 Å². The van der Waals surface area contributed by atoms with Crippen LogP contribution in [0.5, 0.6) is 0 Å². The fourth-order valence-electron chi connectivity index (χ4n) is 5.50. The van der Waals surface area contributed by atoms with E-state index in [2.05, 4.69) is 6.07 Å². The van der Waals surface area contributed by atoms with Crippen LogP contribution in [0.2, 0.25) is 15.1 Å². The highest BCUT2D eigenvalue weighted by atomic mass is 35.5. The lowest BCUT2D eigenvalue weighted by molar-refractivity contribution is 0.0683. The first-order chi connectivity index (χ1) is 23.5. The predicted octanol–water partition coefficient (Wildman–Crippen LogP) is 8.88. The molecule has 50 heavy (non-hydrogen) atoms. The Balaban J connectivity index is 2.06. The summed E-state index contributed by atoms with van der Waals surface area (Å²) in [7, 11) is 0. The van der Waals surface area contributed by atoms with Gasteiger partial charge in [-0.05, 0) is 59.7 Å². The van der Waals surface area contributed by atoms with Gasteiger partial charge in [-0.3, -0.25) is 0 Å². The van der Waals surface area contributed by atoms with E-state index in [0.717, 1.165) is 42.5 Å². The van der Waals surface area contributed by atoms with E-state index in [0.29, 0.717) is 12.1 Å². The highest BCUT2D eigenvalue weighted by molar-refractivity contribution is 6.38. The number of aromatic carboxylic acids is 5. The molecule has 0 fully saturated rings. The Morgan fingerprint density at radius 1 is 0.540 bits per heavy atom. The second kappa shape index (κ2) is 13.6. The van der Waals surface area contributed by atoms with Gasteiger partial charge in [0.25, 0.3) is 0 Å². The number of hydrogen-bond donors (Lipinski definition) is 5. The molecule has 0 amide bonds. The molecule has 0 heterocycles. The van der Waals surface area contributed by atoms with Crippen molar-refractivity contribution in [1.82, 2.24) is 0 Å². The minimum absolute atomic E-state index is 0.0546. The Morgan fingerprint density at radius 2 is 1.14 bits per heavy atom. The largest absolute Gasteiger partial charge is 0.478 e. The minimum Gasteiger partial charge on any atom is -0.478 e. The van der Waals surface area contributed by atoms with Gasteiger partial charge in [-0.15, -0.1) is 0 Å². The third-order valence-corrected chi connectivity index (χ3v) is 8.32. The van der Waals surface area contributed by atoms with Crippen LogP contribution in [0.4, 0.5) is 8.78 Å². The van der Waals surface area contributed by atoms with Crippen LogP contribution in [0.25, 0.3) is 44.5 Å². The SMILES string of the molecule is O=C(O)c1[c]c(-c2cc(F)cc(-c3cc(Cl)ccc3C(=O)O)c2C(=O)O)c(Cl)c(-c2cccc(F)c2C(=O)O)c1-c1ccc(Cl)cc1C(=O)O. The molecule has 1 radical (unpaired) electrons. The summed E-state index contributed by atoms with van der Waals surface area (Å²) in [6.45, 7) is 0. The number of carboxylic acid groups (broad SMARTS) is 5. The molecule has 0 aliphatic rings. The highest BCUT2D eigenvalue weighted by Crippen LogP contribution is 2.49. The molecule has 10 nitrogen and oxygen atoms in total. The second-order valence-electron chi connectivity index (χ2n) is 10.4. The highest BCUT2D eigenvalue weighted by Gasteiger charge is 2.32. The molecule has 0 aliphatic carbocycles. The average Bonchev–Trinajstić information content (AvgIpc) is 3.03. The van der Waals surface area contributed by atoms with Crippen LogP contribution in [-0.4, -0.2) is 55.4 Å². The first-order valence-electron chi connectivity index (χ1n) is 13.7. The van der Waals surface area contributed by atoms with E-state index in [-0.39, 0.29) is 21.2 Å². The number of rotatable bonds is 9. The topological polar surface area (TPSA) is 186 Å². The Kier molecular flexibility index (Phi) is 9.65. The van der Waals surface area contributed by atoms with Gasteiger partial charge >= 0.3 is 29.8 Å². The van der Waals surface area contributed by atoms with E-state index in [9.17, 15) is 49.5 Å². The molecule has 0 saturated heterocycles. The Labute approximate surface area is 294 Å². The monoisotopic (exact) mass is 739 g/mol. The van der Waals surface area contributed by atoms with Crippen molar-refractivity contribution >= 4 is 64.6 Å². The lowest BCUT2D eigenvalue weighted by Crippen LogP contribution is -2.11. The first-order valence-corrected chi connectivity index (χ1v) is 14.8. The van der Waals surface area contributed by atoms with Gasteiger partial charge in [0, 0.05) is 49.5 Å². The molecule has 0 spiro atoms. The summed E-state index contributed by atoms with van der Waals surface area (Å²) in [5.41, 5.74) is -8.16. The van der Waals surface area contributed by atoms with Gasteiger partial charge in [0.05, 0.1) is 27.3 Å². The van der Waals surface area contributed by atoms with Gasteiger partial charge in [-0.25, -0.2) is 32.8 Å². The summed E-state index contributed by atoms with van der Waals surface area (Å²) >= 11 is 19.0. The van der Waals surface area contributed by atoms with Crippen LogP contribution in [-0.2, 0) is 0 Å². The zero-order valence-electron chi connectivity index (χ0n) is 24.5. The van der Waals surface area contributed by atoms with E-state index >= 15 is 8.78 Å². The molecule has 0 unspecified atom stereocenters. The van der Waals surface area contributed by atoms with Crippen LogP contribution >= 0.6 is 34.8 Å². The Morgan fingerprint density at radius 3 is 1.74 bits per heavy atom. The second-order valence-corrected chi connectivity index (χ2v) is 11.6. The molecule has 5 N–H and O–H groups in total. The average molecular weight is 741 g/mol. The summed E-state index contributed by atoms with van der Waals surface area (Å²) in [5, 5.41) is 49.9. The van der Waals surface area contributed by atoms with Gasteiger partial charge in [0.1, 0.15) is 17.2 Å². The van der Waals surface area contributed by atoms with E-state index in [1.165, 1.54) is 12.1 Å². The molecule has 0 aromatic heterocycles. The smallest absolute Gasteiger partial charge is 0.339 e. The molecule has 0 bridgehead atoms. The number of hydrogen-bond acceptors (Lipinski definition) is 5. The Bertz CT molecular complexity index is 2340. The molecule has 0 atom stereocenters. The van der Waals surface area contributed by atoms with Crippen LogP contribution in [0.1, 0.15) is 51.8 Å². The van der Waals surface area contributed by atoms with E-state index in [1.54, 1.807) is 0 Å². The maximum Gasteiger partial charge on any atom is 0.339 e. The molecule has 5 rings (SSSR count). The van der Waals surface area contributed by atoms with Crippen LogP contribution in [0.3, 0.4) is 0 Å². The minimum atomic E-state index is -1.85. The maximum atomic E-state index is 15.5. The summed E-state index contributed by atoms with van der Waals surface area (Å²) < 4.78 is 30.6. The quantitative estimate of drug-likeness (QED) is 0.0977. The lowest BCUT2D eigenvalue weighted by Gasteiger charge is -2.22. The van der Waals surface area contributed by atoms with E-state index in [4.69, 9.17) is 34.8 Å². The zero-order valence-corrected chi connectivity index (χ0v) is 26.8. The van der Waals surface area contributed by atoms with Gasteiger partial charge in [0.15, 0.2) is 0 Å². The molecule has 0 aliphatic heterocycles. The number of halogens is 5. The summed E-state index contributed by atoms with van der Waals surface area (Å²) in [6, 6.07) is 13.2. The molecule has 251 valence electrons. The summed E-state index contributed by atoms with van der Waals surface area (Å²) in [6.07, 6.45) is 0. The first kappa shape index (κ1) is 35.5. The van der Waals surface area contributed by atoms with Crippen molar-refractivity contribution in [3.8, 4) is 44.5 Å². The molecule has 15 heteroatoms. The van der Waals surface area contributed by atoms with Crippen molar-refractivity contribution in [2.45, 2.75) is 0 Å². The summed E-state index contributed by atoms with van der Waals surface area (Å²) in [4.78, 5) is 62.6. The molecule has 5 aromatic carbocycles. The van der Waals surface area contributed by atoms with Crippen molar-refractivity contribution in [1.29, 1.82) is 0 Å². The number of carbonyl (C=O) groups is 5. The third kappa shape index (κ3) is 6.34. The molecule has 0 saturated carbocycles. The molecular formula is C35H16Cl3F2O10.